The van der Waals surface area contributed by atoms with Crippen LogP contribution in [-0.2, 0) is 6.42 Å². The Morgan fingerprint density at radius 1 is 1.41 bits per heavy atom. The number of aryl methyl sites for hydroxylation is 1. The molecule has 1 aromatic rings. The molecule has 0 spiro atoms. The van der Waals surface area contributed by atoms with Crippen molar-refractivity contribution in [2.75, 3.05) is 17.7 Å². The summed E-state index contributed by atoms with van der Waals surface area (Å²) in [5, 5.41) is 12.8. The molecule has 0 saturated heterocycles. The molecule has 17 heavy (non-hydrogen) atoms. The van der Waals surface area contributed by atoms with Crippen LogP contribution in [-0.4, -0.2) is 27.2 Å². The zero-order valence-corrected chi connectivity index (χ0v) is 10.5. The highest BCUT2D eigenvalue weighted by molar-refractivity contribution is 5.56. The number of hydrogen-bond acceptors (Lipinski definition) is 5. The maximum Gasteiger partial charge on any atom is 0.135 e. The number of nitrogen functional groups attached to an aromatic ring is 1. The van der Waals surface area contributed by atoms with Crippen molar-refractivity contribution in [1.29, 1.82) is 0 Å². The summed E-state index contributed by atoms with van der Waals surface area (Å²) in [6.07, 6.45) is 3.86. The van der Waals surface area contributed by atoms with Crippen molar-refractivity contribution in [2.24, 2.45) is 0 Å². The molecule has 0 radical (unpaired) electrons. The van der Waals surface area contributed by atoms with Crippen molar-refractivity contribution in [3.63, 3.8) is 0 Å². The molecule has 1 saturated carbocycles. The lowest BCUT2D eigenvalue weighted by molar-refractivity contribution is 0.143. The van der Waals surface area contributed by atoms with Gasteiger partial charge in [0.25, 0.3) is 0 Å². The highest BCUT2D eigenvalue weighted by Crippen LogP contribution is 2.35. The first-order valence-corrected chi connectivity index (χ1v) is 6.12. The van der Waals surface area contributed by atoms with Crippen LogP contribution >= 0.6 is 0 Å². The van der Waals surface area contributed by atoms with Crippen molar-refractivity contribution in [2.45, 2.75) is 45.1 Å². The minimum atomic E-state index is -0.198. The Bertz CT molecular complexity index is 410. The number of anilines is 2. The van der Waals surface area contributed by atoms with Crippen LogP contribution in [0.3, 0.4) is 0 Å². The van der Waals surface area contributed by atoms with Crippen molar-refractivity contribution < 1.29 is 5.11 Å². The van der Waals surface area contributed by atoms with Crippen molar-refractivity contribution in [1.82, 2.24) is 9.97 Å². The van der Waals surface area contributed by atoms with E-state index in [0.29, 0.717) is 5.82 Å². The third kappa shape index (κ3) is 2.20. The van der Waals surface area contributed by atoms with E-state index in [9.17, 15) is 5.11 Å². The summed E-state index contributed by atoms with van der Waals surface area (Å²) < 4.78 is 0. The van der Waals surface area contributed by atoms with Crippen LogP contribution in [0.15, 0.2) is 0 Å². The lowest BCUT2D eigenvalue weighted by atomic mass is 9.77. The molecule has 94 valence electrons. The van der Waals surface area contributed by atoms with E-state index in [1.807, 2.05) is 13.8 Å². The average molecular weight is 236 g/mol. The maximum absolute atomic E-state index is 9.45. The van der Waals surface area contributed by atoms with Gasteiger partial charge in [-0.05, 0) is 26.2 Å². The van der Waals surface area contributed by atoms with E-state index in [0.717, 1.165) is 42.9 Å². The van der Waals surface area contributed by atoms with Gasteiger partial charge in [0.15, 0.2) is 0 Å². The predicted octanol–water partition coefficient (Wildman–Crippen LogP) is 1.26. The molecular formula is C12H20N4O. The molecule has 4 N–H and O–H groups in total. The number of nitrogens with zero attached hydrogens (tertiary/aromatic N) is 2. The number of aromatic nitrogens is 2. The second-order valence-electron chi connectivity index (χ2n) is 4.77. The molecule has 2 rings (SSSR count). The fourth-order valence-electron chi connectivity index (χ4n) is 2.04. The fourth-order valence-corrected chi connectivity index (χ4v) is 2.04. The Labute approximate surface area is 101 Å². The van der Waals surface area contributed by atoms with Crippen LogP contribution < -0.4 is 11.1 Å². The first-order valence-electron chi connectivity index (χ1n) is 6.12. The monoisotopic (exact) mass is 236 g/mol. The Hall–Kier alpha value is -1.36. The average Bonchev–Trinajstić information content (AvgIpc) is 2.28. The minimum Gasteiger partial charge on any atom is -0.394 e. The highest BCUT2D eigenvalue weighted by Gasteiger charge is 2.37. The molecule has 1 heterocycles. The van der Waals surface area contributed by atoms with E-state index in [4.69, 9.17) is 5.73 Å². The molecular weight excluding hydrogens is 216 g/mol. The number of aliphatic hydroxyl groups is 1. The number of nitrogens with one attached hydrogen (secondary N) is 1. The van der Waals surface area contributed by atoms with E-state index in [2.05, 4.69) is 15.3 Å². The van der Waals surface area contributed by atoms with Gasteiger partial charge in [0.05, 0.1) is 12.1 Å². The lowest BCUT2D eigenvalue weighted by Crippen LogP contribution is -2.48. The molecule has 0 bridgehead atoms. The summed E-state index contributed by atoms with van der Waals surface area (Å²) >= 11 is 0. The molecule has 0 aromatic carbocycles. The zero-order chi connectivity index (χ0) is 12.5. The van der Waals surface area contributed by atoms with Crippen LogP contribution in [0, 0.1) is 6.92 Å². The Balaban J connectivity index is 2.28. The number of aliphatic hydroxyl groups excluding tert-OH is 1. The summed E-state index contributed by atoms with van der Waals surface area (Å²) in [4.78, 5) is 8.67. The molecule has 0 unspecified atom stereocenters. The third-order valence-corrected chi connectivity index (χ3v) is 3.54. The Kier molecular flexibility index (Phi) is 3.19. The highest BCUT2D eigenvalue weighted by atomic mass is 16.3. The van der Waals surface area contributed by atoms with Gasteiger partial charge in [0, 0.05) is 12.0 Å². The zero-order valence-electron chi connectivity index (χ0n) is 10.5. The number of rotatable bonds is 4. The molecule has 1 aliphatic carbocycles. The van der Waals surface area contributed by atoms with E-state index in [-0.39, 0.29) is 12.1 Å². The van der Waals surface area contributed by atoms with Crippen LogP contribution in [0.2, 0.25) is 0 Å². The van der Waals surface area contributed by atoms with Gasteiger partial charge in [0.2, 0.25) is 0 Å². The molecule has 1 fully saturated rings. The van der Waals surface area contributed by atoms with Crippen LogP contribution in [0.1, 0.15) is 37.6 Å². The second-order valence-corrected chi connectivity index (χ2v) is 4.77. The topological polar surface area (TPSA) is 84.1 Å². The Morgan fingerprint density at radius 2 is 2.12 bits per heavy atom. The van der Waals surface area contributed by atoms with Gasteiger partial charge < -0.3 is 16.2 Å². The van der Waals surface area contributed by atoms with Crippen LogP contribution in [0.5, 0.6) is 0 Å². The summed E-state index contributed by atoms with van der Waals surface area (Å²) in [5.74, 6) is 2.03. The molecule has 0 amide bonds. The molecule has 5 nitrogen and oxygen atoms in total. The van der Waals surface area contributed by atoms with Crippen molar-refractivity contribution in [3.8, 4) is 0 Å². The van der Waals surface area contributed by atoms with Gasteiger partial charge in [0.1, 0.15) is 17.5 Å². The molecule has 1 aromatic heterocycles. The maximum atomic E-state index is 9.45. The van der Waals surface area contributed by atoms with Gasteiger partial charge in [-0.2, -0.15) is 0 Å². The summed E-state index contributed by atoms with van der Waals surface area (Å²) in [6, 6.07) is 0. The molecule has 1 aliphatic rings. The molecule has 0 aliphatic heterocycles. The molecule has 5 heteroatoms. The van der Waals surface area contributed by atoms with E-state index in [1.54, 1.807) is 0 Å². The number of hydrogen-bond donors (Lipinski definition) is 3. The van der Waals surface area contributed by atoms with Gasteiger partial charge in [-0.15, -0.1) is 0 Å². The van der Waals surface area contributed by atoms with E-state index in [1.165, 1.54) is 0 Å². The standard InChI is InChI=1S/C12H20N4O/c1-3-9-14-10(13)8(2)11(15-9)16-12(7-17)5-4-6-12/h17H,3-7H2,1-2H3,(H3,13,14,15,16). The SMILES string of the molecule is CCc1nc(N)c(C)c(NC2(CO)CCC2)n1. The van der Waals surface area contributed by atoms with Crippen molar-refractivity contribution in [3.05, 3.63) is 11.4 Å². The van der Waals surface area contributed by atoms with E-state index < -0.39 is 0 Å². The lowest BCUT2D eigenvalue weighted by Gasteiger charge is -2.41. The van der Waals surface area contributed by atoms with Gasteiger partial charge in [-0.3, -0.25) is 0 Å². The van der Waals surface area contributed by atoms with Gasteiger partial charge in [-0.1, -0.05) is 6.92 Å². The first kappa shape index (κ1) is 12.1. The third-order valence-electron chi connectivity index (χ3n) is 3.54. The fraction of sp³-hybridized carbons (Fsp3) is 0.667. The smallest absolute Gasteiger partial charge is 0.135 e. The summed E-state index contributed by atoms with van der Waals surface area (Å²) in [7, 11) is 0. The Morgan fingerprint density at radius 3 is 2.59 bits per heavy atom. The van der Waals surface area contributed by atoms with Crippen LogP contribution in [0.25, 0.3) is 0 Å². The predicted molar refractivity (Wildman–Crippen MR) is 67.8 cm³/mol. The molecule has 0 atom stereocenters. The van der Waals surface area contributed by atoms with E-state index >= 15 is 0 Å². The second kappa shape index (κ2) is 4.49. The first-order chi connectivity index (χ1) is 8.10. The van der Waals surface area contributed by atoms with Gasteiger partial charge in [-0.25, -0.2) is 9.97 Å². The summed E-state index contributed by atoms with van der Waals surface area (Å²) in [6.45, 7) is 4.04. The summed E-state index contributed by atoms with van der Waals surface area (Å²) in [5.41, 5.74) is 6.53. The van der Waals surface area contributed by atoms with Crippen molar-refractivity contribution >= 4 is 11.6 Å². The van der Waals surface area contributed by atoms with Crippen LogP contribution in [0.4, 0.5) is 11.6 Å². The minimum absolute atomic E-state index is 0.137. The normalized spacial score (nSPS) is 17.6. The quantitative estimate of drug-likeness (QED) is 0.733. The van der Waals surface area contributed by atoms with Gasteiger partial charge >= 0.3 is 0 Å². The number of nitrogens with two attached hydrogens (primary N) is 1. The largest absolute Gasteiger partial charge is 0.394 e.